The van der Waals surface area contributed by atoms with Crippen molar-refractivity contribution in [2.24, 2.45) is 0 Å². The molecule has 0 unspecified atom stereocenters. The first-order valence-corrected chi connectivity index (χ1v) is 8.99. The molecule has 0 aliphatic carbocycles. The Hall–Kier alpha value is -0.910. The average molecular weight is 298 g/mol. The van der Waals surface area contributed by atoms with E-state index >= 15 is 0 Å². The Kier molecular flexibility index (Phi) is 7.80. The highest BCUT2D eigenvalue weighted by molar-refractivity contribution is 7.89. The summed E-state index contributed by atoms with van der Waals surface area (Å²) in [5.41, 5.74) is 2.25. The first-order valence-electron chi connectivity index (χ1n) is 7.34. The highest BCUT2D eigenvalue weighted by atomic mass is 32.2. The minimum Gasteiger partial charge on any atom is -0.317 e. The molecule has 4 nitrogen and oxygen atoms in total. The van der Waals surface area contributed by atoms with E-state index in [2.05, 4.69) is 23.9 Å². The van der Waals surface area contributed by atoms with Gasteiger partial charge in [-0.3, -0.25) is 0 Å². The van der Waals surface area contributed by atoms with Gasteiger partial charge in [-0.15, -0.1) is 0 Å². The Bertz CT molecular complexity index is 486. The normalized spacial score (nSPS) is 11.7. The lowest BCUT2D eigenvalue weighted by molar-refractivity contribution is 0.574. The molecule has 0 heterocycles. The van der Waals surface area contributed by atoms with E-state index in [-0.39, 0.29) is 5.75 Å². The predicted octanol–water partition coefficient (Wildman–Crippen LogP) is 2.06. The number of rotatable bonds is 10. The van der Waals surface area contributed by atoms with Crippen LogP contribution < -0.4 is 10.0 Å². The zero-order chi connectivity index (χ0) is 14.8. The lowest BCUT2D eigenvalue weighted by Gasteiger charge is -2.10. The molecule has 0 bridgehead atoms. The van der Waals surface area contributed by atoms with Crippen LogP contribution in [0.2, 0.25) is 0 Å². The van der Waals surface area contributed by atoms with Gasteiger partial charge in [0.2, 0.25) is 10.0 Å². The molecule has 20 heavy (non-hydrogen) atoms. The topological polar surface area (TPSA) is 58.2 Å². The molecule has 0 aromatic heterocycles. The number of aryl methyl sites for hydroxylation is 1. The van der Waals surface area contributed by atoms with Crippen molar-refractivity contribution in [3.8, 4) is 0 Å². The van der Waals surface area contributed by atoms with Gasteiger partial charge in [0, 0.05) is 6.54 Å². The van der Waals surface area contributed by atoms with Gasteiger partial charge in [-0.05, 0) is 43.5 Å². The highest BCUT2D eigenvalue weighted by Crippen LogP contribution is 2.09. The van der Waals surface area contributed by atoms with Crippen molar-refractivity contribution >= 4 is 10.0 Å². The first kappa shape index (κ1) is 17.1. The van der Waals surface area contributed by atoms with E-state index < -0.39 is 10.0 Å². The van der Waals surface area contributed by atoms with Crippen LogP contribution in [0.5, 0.6) is 0 Å². The smallest absolute Gasteiger partial charge is 0.211 e. The fourth-order valence-electron chi connectivity index (χ4n) is 2.02. The molecule has 0 aliphatic rings. The third-order valence-corrected chi connectivity index (χ3v) is 4.59. The second kappa shape index (κ2) is 9.10. The van der Waals surface area contributed by atoms with Gasteiger partial charge in [-0.1, -0.05) is 38.1 Å². The number of hydrogen-bond acceptors (Lipinski definition) is 3. The third-order valence-electron chi connectivity index (χ3n) is 3.18. The molecule has 2 N–H and O–H groups in total. The lowest BCUT2D eigenvalue weighted by atomic mass is 10.1. The van der Waals surface area contributed by atoms with Gasteiger partial charge in [0.25, 0.3) is 0 Å². The Labute approximate surface area is 123 Å². The van der Waals surface area contributed by atoms with E-state index in [0.29, 0.717) is 13.0 Å². The van der Waals surface area contributed by atoms with Crippen molar-refractivity contribution in [1.29, 1.82) is 0 Å². The maximum absolute atomic E-state index is 11.9. The Morgan fingerprint density at radius 2 is 1.75 bits per heavy atom. The van der Waals surface area contributed by atoms with E-state index in [1.54, 1.807) is 0 Å². The van der Waals surface area contributed by atoms with Crippen LogP contribution in [0.1, 0.15) is 37.8 Å². The first-order chi connectivity index (χ1) is 9.59. The molecular weight excluding hydrogens is 272 g/mol. The molecule has 0 saturated heterocycles. The van der Waals surface area contributed by atoms with Crippen LogP contribution in [0, 0.1) is 0 Å². The molecule has 0 spiro atoms. The van der Waals surface area contributed by atoms with E-state index in [4.69, 9.17) is 0 Å². The molecule has 5 heteroatoms. The maximum Gasteiger partial charge on any atom is 0.211 e. The van der Waals surface area contributed by atoms with Crippen molar-refractivity contribution in [3.05, 3.63) is 35.4 Å². The minimum absolute atomic E-state index is 0.179. The van der Waals surface area contributed by atoms with Crippen molar-refractivity contribution in [2.75, 3.05) is 18.8 Å². The standard InChI is InChI=1S/C15H26N2O2S/c1-3-10-16-11-7-12-20(18,19)17-13-15-9-6-5-8-14(15)4-2/h5-6,8-9,16-17H,3-4,7,10-13H2,1-2H3. The summed E-state index contributed by atoms with van der Waals surface area (Å²) >= 11 is 0. The molecule has 1 aromatic carbocycles. The second-order valence-corrected chi connectivity index (χ2v) is 6.79. The summed E-state index contributed by atoms with van der Waals surface area (Å²) in [6.45, 7) is 6.25. The zero-order valence-corrected chi connectivity index (χ0v) is 13.3. The third kappa shape index (κ3) is 6.50. The van der Waals surface area contributed by atoms with E-state index in [9.17, 15) is 8.42 Å². The van der Waals surface area contributed by atoms with Crippen LogP contribution in [0.4, 0.5) is 0 Å². The molecule has 0 saturated carbocycles. The summed E-state index contributed by atoms with van der Waals surface area (Å²) in [4.78, 5) is 0. The fraction of sp³-hybridized carbons (Fsp3) is 0.600. The van der Waals surface area contributed by atoms with Gasteiger partial charge in [-0.2, -0.15) is 0 Å². The molecule has 1 aromatic rings. The maximum atomic E-state index is 11.9. The van der Waals surface area contributed by atoms with Crippen LogP contribution in [0.25, 0.3) is 0 Å². The monoisotopic (exact) mass is 298 g/mol. The summed E-state index contributed by atoms with van der Waals surface area (Å²) in [5.74, 6) is 0.179. The molecule has 0 radical (unpaired) electrons. The molecule has 0 aliphatic heterocycles. The predicted molar refractivity (Wildman–Crippen MR) is 84.2 cm³/mol. The number of hydrogen-bond donors (Lipinski definition) is 2. The van der Waals surface area contributed by atoms with Crippen LogP contribution in [0.3, 0.4) is 0 Å². The minimum atomic E-state index is -3.18. The molecule has 1 rings (SSSR count). The van der Waals surface area contributed by atoms with Crippen molar-refractivity contribution in [3.63, 3.8) is 0 Å². The van der Waals surface area contributed by atoms with Gasteiger partial charge in [-0.25, -0.2) is 13.1 Å². The number of nitrogens with one attached hydrogen (secondary N) is 2. The SMILES string of the molecule is CCCNCCCS(=O)(=O)NCc1ccccc1CC. The van der Waals surface area contributed by atoms with Gasteiger partial charge in [0.05, 0.1) is 5.75 Å². The summed E-state index contributed by atoms with van der Waals surface area (Å²) in [6, 6.07) is 7.94. The summed E-state index contributed by atoms with van der Waals surface area (Å²) in [6.07, 6.45) is 2.63. The molecular formula is C15H26N2O2S. The van der Waals surface area contributed by atoms with E-state index in [0.717, 1.165) is 31.5 Å². The van der Waals surface area contributed by atoms with E-state index in [1.165, 1.54) is 5.56 Å². The summed E-state index contributed by atoms with van der Waals surface area (Å²) in [7, 11) is -3.18. The van der Waals surface area contributed by atoms with Crippen LogP contribution in [-0.2, 0) is 23.0 Å². The molecule has 0 fully saturated rings. The van der Waals surface area contributed by atoms with Crippen molar-refractivity contribution < 1.29 is 8.42 Å². The largest absolute Gasteiger partial charge is 0.317 e. The Morgan fingerprint density at radius 1 is 1.05 bits per heavy atom. The summed E-state index contributed by atoms with van der Waals surface area (Å²) < 4.78 is 26.5. The van der Waals surface area contributed by atoms with E-state index in [1.807, 2.05) is 24.3 Å². The fourth-order valence-corrected chi connectivity index (χ4v) is 3.07. The summed E-state index contributed by atoms with van der Waals surface area (Å²) in [5, 5.41) is 3.21. The van der Waals surface area contributed by atoms with Crippen LogP contribution in [0.15, 0.2) is 24.3 Å². The van der Waals surface area contributed by atoms with Crippen LogP contribution in [-0.4, -0.2) is 27.3 Å². The zero-order valence-electron chi connectivity index (χ0n) is 12.5. The van der Waals surface area contributed by atoms with Crippen molar-refractivity contribution in [2.45, 2.75) is 39.7 Å². The lowest BCUT2D eigenvalue weighted by Crippen LogP contribution is -2.28. The average Bonchev–Trinajstić information content (AvgIpc) is 2.45. The van der Waals surface area contributed by atoms with Gasteiger partial charge < -0.3 is 5.32 Å². The molecule has 0 amide bonds. The molecule has 0 atom stereocenters. The van der Waals surface area contributed by atoms with Crippen molar-refractivity contribution in [1.82, 2.24) is 10.0 Å². The second-order valence-electron chi connectivity index (χ2n) is 4.87. The molecule has 114 valence electrons. The van der Waals surface area contributed by atoms with Crippen LogP contribution >= 0.6 is 0 Å². The quantitative estimate of drug-likeness (QED) is 0.650. The Morgan fingerprint density at radius 3 is 2.40 bits per heavy atom. The van der Waals surface area contributed by atoms with Gasteiger partial charge in [0.1, 0.15) is 0 Å². The van der Waals surface area contributed by atoms with Gasteiger partial charge >= 0.3 is 0 Å². The Balaban J connectivity index is 2.39. The number of sulfonamides is 1. The highest BCUT2D eigenvalue weighted by Gasteiger charge is 2.10. The van der Waals surface area contributed by atoms with Gasteiger partial charge in [0.15, 0.2) is 0 Å². The number of benzene rings is 1.